The first kappa shape index (κ1) is 15.6. The summed E-state index contributed by atoms with van der Waals surface area (Å²) in [5, 5.41) is 13.3. The van der Waals surface area contributed by atoms with E-state index in [0.717, 1.165) is 22.6 Å². The zero-order valence-electron chi connectivity index (χ0n) is 11.6. The van der Waals surface area contributed by atoms with Crippen LogP contribution in [0.25, 0.3) is 0 Å². The maximum atomic E-state index is 10.9. The number of ether oxygens (including phenoxy) is 1. The van der Waals surface area contributed by atoms with Gasteiger partial charge in [0.05, 0.1) is 12.2 Å². The number of carbonyl (C=O) groups is 1. The van der Waals surface area contributed by atoms with Crippen molar-refractivity contribution in [1.29, 1.82) is 0 Å². The molecule has 0 spiro atoms. The first-order valence-corrected chi connectivity index (χ1v) is 7.50. The Kier molecular flexibility index (Phi) is 5.03. The van der Waals surface area contributed by atoms with Crippen LogP contribution in [0.1, 0.15) is 20.9 Å². The smallest absolute Gasteiger partial charge is 0.347 e. The first-order valence-electron chi connectivity index (χ1n) is 6.31. The van der Waals surface area contributed by atoms with Crippen molar-refractivity contribution < 1.29 is 14.6 Å². The van der Waals surface area contributed by atoms with Crippen LogP contribution in [0.15, 0.2) is 18.2 Å². The standard InChI is InChI=1S/C14H15ClN2O3S/c1-8-7-10(3-4-11(8)15)20-6-5-16-14-17-9(2)12(21-14)13(18)19/h3-4,7H,5-6H2,1-2H3,(H,16,17)(H,18,19). The molecule has 2 rings (SSSR count). The van der Waals surface area contributed by atoms with Crippen LogP contribution in [0.4, 0.5) is 5.13 Å². The number of aromatic carboxylic acids is 1. The van der Waals surface area contributed by atoms with Crippen LogP contribution in [-0.2, 0) is 0 Å². The number of aryl methyl sites for hydroxylation is 2. The number of carboxylic acid groups (broad SMARTS) is 1. The van der Waals surface area contributed by atoms with Gasteiger partial charge in [0, 0.05) is 5.02 Å². The van der Waals surface area contributed by atoms with E-state index in [2.05, 4.69) is 10.3 Å². The summed E-state index contributed by atoms with van der Waals surface area (Å²) in [5.41, 5.74) is 1.48. The Bertz CT molecular complexity index is 658. The van der Waals surface area contributed by atoms with Crippen molar-refractivity contribution in [3.05, 3.63) is 39.4 Å². The molecular formula is C14H15ClN2O3S. The Labute approximate surface area is 131 Å². The Morgan fingerprint density at radius 1 is 1.48 bits per heavy atom. The van der Waals surface area contributed by atoms with E-state index in [-0.39, 0.29) is 4.88 Å². The number of hydrogen-bond acceptors (Lipinski definition) is 5. The number of anilines is 1. The van der Waals surface area contributed by atoms with E-state index >= 15 is 0 Å². The van der Waals surface area contributed by atoms with Gasteiger partial charge in [-0.1, -0.05) is 22.9 Å². The summed E-state index contributed by atoms with van der Waals surface area (Å²) in [6.45, 7) is 4.58. The quantitative estimate of drug-likeness (QED) is 0.793. The van der Waals surface area contributed by atoms with Crippen LogP contribution in [0.3, 0.4) is 0 Å². The Hall–Kier alpha value is -1.79. The van der Waals surface area contributed by atoms with Gasteiger partial charge in [-0.05, 0) is 37.6 Å². The molecule has 0 aliphatic rings. The lowest BCUT2D eigenvalue weighted by molar-refractivity contribution is 0.0701. The second-order valence-electron chi connectivity index (χ2n) is 4.42. The number of hydrogen-bond donors (Lipinski definition) is 2. The van der Waals surface area contributed by atoms with Crippen molar-refractivity contribution in [2.75, 3.05) is 18.5 Å². The molecule has 1 aromatic carbocycles. The molecule has 7 heteroatoms. The van der Waals surface area contributed by atoms with Gasteiger partial charge in [-0.2, -0.15) is 0 Å². The highest BCUT2D eigenvalue weighted by Crippen LogP contribution is 2.23. The van der Waals surface area contributed by atoms with Crippen molar-refractivity contribution in [2.24, 2.45) is 0 Å². The maximum Gasteiger partial charge on any atom is 0.347 e. The molecular weight excluding hydrogens is 312 g/mol. The monoisotopic (exact) mass is 326 g/mol. The van der Waals surface area contributed by atoms with Gasteiger partial charge < -0.3 is 15.2 Å². The average Bonchev–Trinajstić information content (AvgIpc) is 2.80. The number of aromatic nitrogens is 1. The predicted octanol–water partition coefficient (Wildman–Crippen LogP) is 3.60. The zero-order chi connectivity index (χ0) is 15.4. The van der Waals surface area contributed by atoms with Crippen molar-refractivity contribution in [3.63, 3.8) is 0 Å². The summed E-state index contributed by atoms with van der Waals surface area (Å²) >= 11 is 7.07. The van der Waals surface area contributed by atoms with Crippen molar-refractivity contribution in [1.82, 2.24) is 4.98 Å². The van der Waals surface area contributed by atoms with Crippen LogP contribution in [0, 0.1) is 13.8 Å². The third-order valence-electron chi connectivity index (χ3n) is 2.77. The number of nitrogens with zero attached hydrogens (tertiary/aromatic N) is 1. The van der Waals surface area contributed by atoms with Crippen LogP contribution >= 0.6 is 22.9 Å². The van der Waals surface area contributed by atoms with Crippen molar-refractivity contribution in [2.45, 2.75) is 13.8 Å². The molecule has 0 amide bonds. The van der Waals surface area contributed by atoms with Crippen LogP contribution in [0.2, 0.25) is 5.02 Å². The van der Waals surface area contributed by atoms with E-state index < -0.39 is 5.97 Å². The second-order valence-corrected chi connectivity index (χ2v) is 5.83. The highest BCUT2D eigenvalue weighted by Gasteiger charge is 2.13. The van der Waals surface area contributed by atoms with E-state index in [4.69, 9.17) is 21.4 Å². The minimum Gasteiger partial charge on any atom is -0.492 e. The van der Waals surface area contributed by atoms with E-state index in [0.29, 0.717) is 29.0 Å². The van der Waals surface area contributed by atoms with E-state index in [1.807, 2.05) is 19.1 Å². The lowest BCUT2D eigenvalue weighted by Gasteiger charge is -2.08. The highest BCUT2D eigenvalue weighted by molar-refractivity contribution is 7.17. The highest BCUT2D eigenvalue weighted by atomic mass is 35.5. The number of thiazole rings is 1. The zero-order valence-corrected chi connectivity index (χ0v) is 13.2. The third-order valence-corrected chi connectivity index (χ3v) is 4.29. The SMILES string of the molecule is Cc1cc(OCCNc2nc(C)c(C(=O)O)s2)ccc1Cl. The summed E-state index contributed by atoms with van der Waals surface area (Å²) in [5.74, 6) is -0.203. The van der Waals surface area contributed by atoms with Crippen LogP contribution in [-0.4, -0.2) is 29.2 Å². The number of rotatable bonds is 6. The molecule has 21 heavy (non-hydrogen) atoms. The van der Waals surface area contributed by atoms with Gasteiger partial charge in [-0.3, -0.25) is 0 Å². The molecule has 5 nitrogen and oxygen atoms in total. The lowest BCUT2D eigenvalue weighted by atomic mass is 10.2. The largest absolute Gasteiger partial charge is 0.492 e. The molecule has 2 N–H and O–H groups in total. The second kappa shape index (κ2) is 6.78. The van der Waals surface area contributed by atoms with Gasteiger partial charge in [0.1, 0.15) is 17.2 Å². The molecule has 0 saturated heterocycles. The molecule has 0 aliphatic carbocycles. The van der Waals surface area contributed by atoms with Gasteiger partial charge in [0.25, 0.3) is 0 Å². The van der Waals surface area contributed by atoms with Gasteiger partial charge in [0.2, 0.25) is 0 Å². The molecule has 0 saturated carbocycles. The van der Waals surface area contributed by atoms with Crippen molar-refractivity contribution in [3.8, 4) is 5.75 Å². The molecule has 2 aromatic rings. The molecule has 0 aliphatic heterocycles. The number of carboxylic acids is 1. The van der Waals surface area contributed by atoms with Gasteiger partial charge in [-0.15, -0.1) is 0 Å². The molecule has 0 fully saturated rings. The van der Waals surface area contributed by atoms with E-state index in [1.54, 1.807) is 13.0 Å². The minimum absolute atomic E-state index is 0.256. The van der Waals surface area contributed by atoms with E-state index in [9.17, 15) is 4.79 Å². The molecule has 0 atom stereocenters. The molecule has 0 bridgehead atoms. The molecule has 1 heterocycles. The molecule has 0 unspecified atom stereocenters. The maximum absolute atomic E-state index is 10.9. The van der Waals surface area contributed by atoms with Crippen molar-refractivity contribution >= 4 is 34.0 Å². The molecule has 112 valence electrons. The van der Waals surface area contributed by atoms with E-state index in [1.165, 1.54) is 0 Å². The Morgan fingerprint density at radius 3 is 2.86 bits per heavy atom. The first-order chi connectivity index (χ1) is 9.97. The van der Waals surface area contributed by atoms with Gasteiger partial charge in [0.15, 0.2) is 5.13 Å². The molecule has 0 radical (unpaired) electrons. The predicted molar refractivity (Wildman–Crippen MR) is 84.0 cm³/mol. The Morgan fingerprint density at radius 2 is 2.24 bits per heavy atom. The number of nitrogens with one attached hydrogen (secondary N) is 1. The van der Waals surface area contributed by atoms with Gasteiger partial charge in [-0.25, -0.2) is 9.78 Å². The average molecular weight is 327 g/mol. The summed E-state index contributed by atoms with van der Waals surface area (Å²) < 4.78 is 5.59. The number of benzene rings is 1. The number of halogens is 1. The summed E-state index contributed by atoms with van der Waals surface area (Å²) in [7, 11) is 0. The fraction of sp³-hybridized carbons (Fsp3) is 0.286. The van der Waals surface area contributed by atoms with Crippen LogP contribution in [0.5, 0.6) is 5.75 Å². The minimum atomic E-state index is -0.953. The Balaban J connectivity index is 1.83. The fourth-order valence-electron chi connectivity index (χ4n) is 1.70. The van der Waals surface area contributed by atoms with Crippen LogP contribution < -0.4 is 10.1 Å². The molecule has 1 aromatic heterocycles. The summed E-state index contributed by atoms with van der Waals surface area (Å²) in [6, 6.07) is 5.48. The lowest BCUT2D eigenvalue weighted by Crippen LogP contribution is -2.11. The topological polar surface area (TPSA) is 71.5 Å². The summed E-state index contributed by atoms with van der Waals surface area (Å²) in [4.78, 5) is 15.3. The normalized spacial score (nSPS) is 10.4. The summed E-state index contributed by atoms with van der Waals surface area (Å²) in [6.07, 6.45) is 0. The third kappa shape index (κ3) is 4.09. The van der Waals surface area contributed by atoms with Gasteiger partial charge >= 0.3 is 5.97 Å². The fourth-order valence-corrected chi connectivity index (χ4v) is 2.65.